The Labute approximate surface area is 174 Å². The number of fused-ring (bicyclic) bond motifs is 2. The van der Waals surface area contributed by atoms with Crippen LogP contribution in [0.2, 0.25) is 0 Å². The fourth-order valence-corrected chi connectivity index (χ4v) is 5.52. The minimum absolute atomic E-state index is 0.0625. The van der Waals surface area contributed by atoms with Gasteiger partial charge in [-0.05, 0) is 80.9 Å². The first-order valence-corrected chi connectivity index (χ1v) is 11.2. The molecule has 29 heavy (non-hydrogen) atoms. The van der Waals surface area contributed by atoms with Crippen LogP contribution in [0.3, 0.4) is 0 Å². The quantitative estimate of drug-likeness (QED) is 0.753. The van der Waals surface area contributed by atoms with E-state index in [1.165, 1.54) is 25.7 Å². The van der Waals surface area contributed by atoms with Crippen molar-refractivity contribution in [1.82, 2.24) is 4.90 Å². The van der Waals surface area contributed by atoms with E-state index < -0.39 is 0 Å². The fourth-order valence-electron chi connectivity index (χ4n) is 5.52. The smallest absolute Gasteiger partial charge is 0.244 e. The van der Waals surface area contributed by atoms with Crippen molar-refractivity contribution in [2.24, 2.45) is 17.8 Å². The standard InChI is InChI=1S/C24H34N2O3/c1-16-5-3-7-22(17(16)2)25-23(27)15-26(14-21-6-4-10-29-21)24(28)13-20-12-18-8-9-19(20)11-18/h3,5,7,18-21H,4,6,8-15H2,1-2H3,(H,25,27). The highest BCUT2D eigenvalue weighted by molar-refractivity contribution is 5.95. The number of nitrogens with one attached hydrogen (secondary N) is 1. The van der Waals surface area contributed by atoms with Crippen LogP contribution < -0.4 is 5.32 Å². The maximum absolute atomic E-state index is 13.2. The molecule has 1 heterocycles. The second-order valence-corrected chi connectivity index (χ2v) is 9.34. The molecule has 2 aliphatic carbocycles. The van der Waals surface area contributed by atoms with Crippen molar-refractivity contribution in [2.45, 2.75) is 64.9 Å². The van der Waals surface area contributed by atoms with Gasteiger partial charge in [-0.15, -0.1) is 0 Å². The number of amides is 2. The van der Waals surface area contributed by atoms with Crippen molar-refractivity contribution in [3.05, 3.63) is 29.3 Å². The number of carbonyl (C=O) groups excluding carboxylic acids is 2. The van der Waals surface area contributed by atoms with E-state index in [1.807, 2.05) is 32.0 Å². The van der Waals surface area contributed by atoms with Gasteiger partial charge in [0.2, 0.25) is 11.8 Å². The molecule has 2 saturated carbocycles. The molecule has 1 N–H and O–H groups in total. The molecule has 158 valence electrons. The molecule has 1 aliphatic heterocycles. The Balaban J connectivity index is 1.39. The molecule has 2 amide bonds. The summed E-state index contributed by atoms with van der Waals surface area (Å²) in [5.74, 6) is 2.05. The second kappa shape index (κ2) is 8.86. The highest BCUT2D eigenvalue weighted by Gasteiger charge is 2.41. The van der Waals surface area contributed by atoms with Gasteiger partial charge in [-0.1, -0.05) is 18.6 Å². The predicted octanol–water partition coefficient (Wildman–Crippen LogP) is 4.08. The number of hydrogen-bond donors (Lipinski definition) is 1. The lowest BCUT2D eigenvalue weighted by atomic mass is 9.86. The van der Waals surface area contributed by atoms with Crippen LogP contribution in [-0.2, 0) is 14.3 Å². The van der Waals surface area contributed by atoms with E-state index in [4.69, 9.17) is 4.74 Å². The average molecular weight is 399 g/mol. The number of anilines is 1. The maximum atomic E-state index is 13.2. The zero-order valence-electron chi connectivity index (χ0n) is 17.8. The molecule has 1 aromatic carbocycles. The minimum Gasteiger partial charge on any atom is -0.376 e. The van der Waals surface area contributed by atoms with Gasteiger partial charge < -0.3 is 15.0 Å². The Kier molecular flexibility index (Phi) is 6.23. The van der Waals surface area contributed by atoms with Gasteiger partial charge in [0.05, 0.1) is 12.6 Å². The van der Waals surface area contributed by atoms with Crippen molar-refractivity contribution >= 4 is 17.5 Å². The highest BCUT2D eigenvalue weighted by Crippen LogP contribution is 2.49. The van der Waals surface area contributed by atoms with Crippen LogP contribution in [-0.4, -0.2) is 42.5 Å². The van der Waals surface area contributed by atoms with E-state index >= 15 is 0 Å². The van der Waals surface area contributed by atoms with Crippen molar-refractivity contribution in [3.8, 4) is 0 Å². The van der Waals surface area contributed by atoms with Crippen molar-refractivity contribution in [3.63, 3.8) is 0 Å². The summed E-state index contributed by atoms with van der Waals surface area (Å²) >= 11 is 0. The molecule has 1 saturated heterocycles. The van der Waals surface area contributed by atoms with Gasteiger partial charge in [0, 0.05) is 25.3 Å². The molecule has 0 aromatic heterocycles. The van der Waals surface area contributed by atoms with Gasteiger partial charge in [0.25, 0.3) is 0 Å². The summed E-state index contributed by atoms with van der Waals surface area (Å²) in [5, 5.41) is 3.01. The molecule has 5 nitrogen and oxygen atoms in total. The van der Waals surface area contributed by atoms with E-state index in [2.05, 4.69) is 5.32 Å². The van der Waals surface area contributed by atoms with Gasteiger partial charge in [-0.25, -0.2) is 0 Å². The Bertz CT molecular complexity index is 756. The zero-order chi connectivity index (χ0) is 20.4. The third-order valence-corrected chi connectivity index (χ3v) is 7.34. The molecule has 5 heteroatoms. The summed E-state index contributed by atoms with van der Waals surface area (Å²) in [6.07, 6.45) is 7.77. The predicted molar refractivity (Wildman–Crippen MR) is 114 cm³/mol. The number of hydrogen-bond acceptors (Lipinski definition) is 3. The van der Waals surface area contributed by atoms with Gasteiger partial charge in [0.15, 0.2) is 0 Å². The van der Waals surface area contributed by atoms with E-state index in [9.17, 15) is 9.59 Å². The van der Waals surface area contributed by atoms with E-state index in [1.54, 1.807) is 4.90 Å². The normalized spacial score (nSPS) is 27.9. The van der Waals surface area contributed by atoms with Crippen LogP contribution in [0, 0.1) is 31.6 Å². The highest BCUT2D eigenvalue weighted by atomic mass is 16.5. The lowest BCUT2D eigenvalue weighted by Crippen LogP contribution is -2.43. The van der Waals surface area contributed by atoms with Crippen molar-refractivity contribution < 1.29 is 14.3 Å². The number of nitrogens with zero attached hydrogens (tertiary/aromatic N) is 1. The van der Waals surface area contributed by atoms with E-state index in [0.717, 1.165) is 48.1 Å². The molecule has 1 aromatic rings. The summed E-state index contributed by atoms with van der Waals surface area (Å²) in [4.78, 5) is 27.7. The van der Waals surface area contributed by atoms with Crippen molar-refractivity contribution in [2.75, 3.05) is 25.0 Å². The molecule has 4 rings (SSSR count). The SMILES string of the molecule is Cc1cccc(NC(=O)CN(CC2CCCO2)C(=O)CC2CC3CCC2C3)c1C. The molecular weight excluding hydrogens is 364 g/mol. The van der Waals surface area contributed by atoms with Gasteiger partial charge in [0.1, 0.15) is 0 Å². The third-order valence-electron chi connectivity index (χ3n) is 7.34. The molecule has 4 unspecified atom stereocenters. The van der Waals surface area contributed by atoms with Crippen LogP contribution in [0.25, 0.3) is 0 Å². The maximum Gasteiger partial charge on any atom is 0.244 e. The summed E-state index contributed by atoms with van der Waals surface area (Å²) in [6, 6.07) is 5.90. The summed E-state index contributed by atoms with van der Waals surface area (Å²) < 4.78 is 5.76. The molecule has 3 aliphatic rings. The molecule has 2 bridgehead atoms. The number of aryl methyl sites for hydroxylation is 1. The average Bonchev–Trinajstić information content (AvgIpc) is 3.43. The summed E-state index contributed by atoms with van der Waals surface area (Å²) in [7, 11) is 0. The van der Waals surface area contributed by atoms with Crippen LogP contribution in [0.5, 0.6) is 0 Å². The first-order valence-electron chi connectivity index (χ1n) is 11.2. The zero-order valence-corrected chi connectivity index (χ0v) is 17.8. The Morgan fingerprint density at radius 1 is 1.17 bits per heavy atom. The lowest BCUT2D eigenvalue weighted by molar-refractivity contribution is -0.137. The van der Waals surface area contributed by atoms with Crippen molar-refractivity contribution in [1.29, 1.82) is 0 Å². The van der Waals surface area contributed by atoms with Crippen LogP contribution in [0.1, 0.15) is 56.1 Å². The van der Waals surface area contributed by atoms with E-state index in [0.29, 0.717) is 18.9 Å². The third kappa shape index (κ3) is 4.82. The number of rotatable bonds is 7. The molecule has 0 spiro atoms. The fraction of sp³-hybridized carbons (Fsp3) is 0.667. The Morgan fingerprint density at radius 2 is 2.03 bits per heavy atom. The number of ether oxygens (including phenoxy) is 1. The monoisotopic (exact) mass is 398 g/mol. The summed E-state index contributed by atoms with van der Waals surface area (Å²) in [5.41, 5.74) is 3.04. The van der Waals surface area contributed by atoms with Gasteiger partial charge >= 0.3 is 0 Å². The molecule has 3 fully saturated rings. The first kappa shape index (κ1) is 20.4. The Morgan fingerprint density at radius 3 is 2.72 bits per heavy atom. The Hall–Kier alpha value is -1.88. The second-order valence-electron chi connectivity index (χ2n) is 9.34. The van der Waals surface area contributed by atoms with Crippen LogP contribution >= 0.6 is 0 Å². The van der Waals surface area contributed by atoms with Gasteiger partial charge in [-0.2, -0.15) is 0 Å². The van der Waals surface area contributed by atoms with Crippen LogP contribution in [0.15, 0.2) is 18.2 Å². The topological polar surface area (TPSA) is 58.6 Å². The summed E-state index contributed by atoms with van der Waals surface area (Å²) in [6.45, 7) is 5.43. The van der Waals surface area contributed by atoms with Crippen LogP contribution in [0.4, 0.5) is 5.69 Å². The number of benzene rings is 1. The minimum atomic E-state index is -0.127. The number of carbonyl (C=O) groups is 2. The lowest BCUT2D eigenvalue weighted by Gasteiger charge is -2.28. The van der Waals surface area contributed by atoms with E-state index in [-0.39, 0.29) is 24.5 Å². The molecular formula is C24H34N2O3. The largest absolute Gasteiger partial charge is 0.376 e. The molecule has 0 radical (unpaired) electrons. The first-order chi connectivity index (χ1) is 14.0. The van der Waals surface area contributed by atoms with Gasteiger partial charge in [-0.3, -0.25) is 9.59 Å². The molecule has 4 atom stereocenters.